The van der Waals surface area contributed by atoms with E-state index in [2.05, 4.69) is 6.58 Å². The van der Waals surface area contributed by atoms with Gasteiger partial charge < -0.3 is 15.4 Å². The zero-order valence-corrected chi connectivity index (χ0v) is 11.4. The number of carbonyl (C=O) groups excluding carboxylic acids is 2. The van der Waals surface area contributed by atoms with Crippen LogP contribution < -0.4 is 5.73 Å². The third-order valence-electron chi connectivity index (χ3n) is 2.71. The van der Waals surface area contributed by atoms with Crippen molar-refractivity contribution in [1.82, 2.24) is 4.90 Å². The lowest BCUT2D eigenvalue weighted by Gasteiger charge is -2.35. The fourth-order valence-electron chi connectivity index (χ4n) is 1.79. The minimum Gasteiger partial charge on any atom is -0.464 e. The van der Waals surface area contributed by atoms with Crippen LogP contribution in [0.3, 0.4) is 0 Å². The molecule has 0 aliphatic carbocycles. The van der Waals surface area contributed by atoms with Crippen LogP contribution in [0.2, 0.25) is 0 Å². The van der Waals surface area contributed by atoms with E-state index in [9.17, 15) is 9.59 Å². The Kier molecular flexibility index (Phi) is 6.21. The summed E-state index contributed by atoms with van der Waals surface area (Å²) < 4.78 is 4.99. The largest absolute Gasteiger partial charge is 0.464 e. The fourth-order valence-corrected chi connectivity index (χ4v) is 2.83. The highest BCUT2D eigenvalue weighted by Crippen LogP contribution is 2.18. The molecule has 1 saturated heterocycles. The van der Waals surface area contributed by atoms with Gasteiger partial charge in [-0.3, -0.25) is 4.79 Å². The molecule has 1 rings (SSSR count). The number of amides is 1. The number of ether oxygens (including phenoxy) is 1. The number of esters is 1. The minimum atomic E-state index is -0.623. The van der Waals surface area contributed by atoms with E-state index in [1.165, 1.54) is 0 Å². The second-order valence-electron chi connectivity index (χ2n) is 4.01. The molecule has 0 bridgehead atoms. The standard InChI is InChI=1S/C12H20N2O3S/c1-3-5-9(13)11(15)14-6-7-18-8-10(14)12(16)17-4-2/h3,9-10H,1,4-8,13H2,2H3. The van der Waals surface area contributed by atoms with Crippen LogP contribution in [-0.4, -0.2) is 53.5 Å². The Morgan fingerprint density at radius 1 is 1.67 bits per heavy atom. The molecule has 1 aliphatic heterocycles. The molecule has 1 fully saturated rings. The molecule has 0 spiro atoms. The van der Waals surface area contributed by atoms with Gasteiger partial charge >= 0.3 is 5.97 Å². The van der Waals surface area contributed by atoms with Crippen LogP contribution in [0.1, 0.15) is 13.3 Å². The molecule has 1 heterocycles. The Bertz CT molecular complexity index is 322. The monoisotopic (exact) mass is 272 g/mol. The van der Waals surface area contributed by atoms with E-state index in [4.69, 9.17) is 10.5 Å². The Labute approximate surface area is 112 Å². The molecule has 2 atom stereocenters. The molecule has 0 radical (unpaired) electrons. The first kappa shape index (κ1) is 15.0. The van der Waals surface area contributed by atoms with Crippen LogP contribution >= 0.6 is 11.8 Å². The molecule has 1 amide bonds. The third-order valence-corrected chi connectivity index (χ3v) is 3.73. The normalized spacial score (nSPS) is 21.2. The maximum atomic E-state index is 12.1. The van der Waals surface area contributed by atoms with Gasteiger partial charge in [-0.2, -0.15) is 11.8 Å². The predicted molar refractivity (Wildman–Crippen MR) is 72.2 cm³/mol. The number of hydrogen-bond donors (Lipinski definition) is 1. The smallest absolute Gasteiger partial charge is 0.329 e. The van der Waals surface area contributed by atoms with E-state index in [1.54, 1.807) is 29.7 Å². The van der Waals surface area contributed by atoms with E-state index in [0.717, 1.165) is 5.75 Å². The Morgan fingerprint density at radius 3 is 3.00 bits per heavy atom. The molecule has 2 N–H and O–H groups in total. The molecule has 1 aliphatic rings. The number of thioether (sulfide) groups is 1. The maximum absolute atomic E-state index is 12.1. The third kappa shape index (κ3) is 3.74. The highest BCUT2D eigenvalue weighted by atomic mass is 32.2. The van der Waals surface area contributed by atoms with Gasteiger partial charge in [-0.15, -0.1) is 6.58 Å². The second kappa shape index (κ2) is 7.43. The molecular formula is C12H20N2O3S. The van der Waals surface area contributed by atoms with Gasteiger partial charge in [-0.1, -0.05) is 6.08 Å². The Balaban J connectivity index is 2.72. The first-order valence-electron chi connectivity index (χ1n) is 6.03. The summed E-state index contributed by atoms with van der Waals surface area (Å²) in [5.74, 6) is 0.852. The molecule has 0 aromatic heterocycles. The summed E-state index contributed by atoms with van der Waals surface area (Å²) >= 11 is 1.65. The SMILES string of the molecule is C=CCC(N)C(=O)N1CCSCC1C(=O)OCC. The van der Waals surface area contributed by atoms with Gasteiger partial charge in [0.15, 0.2) is 0 Å². The lowest BCUT2D eigenvalue weighted by Crippen LogP contribution is -2.55. The van der Waals surface area contributed by atoms with E-state index in [1.807, 2.05) is 0 Å². The van der Waals surface area contributed by atoms with Crippen molar-refractivity contribution in [2.75, 3.05) is 24.7 Å². The molecule has 2 unspecified atom stereocenters. The van der Waals surface area contributed by atoms with E-state index < -0.39 is 12.1 Å². The Morgan fingerprint density at radius 2 is 2.39 bits per heavy atom. The quantitative estimate of drug-likeness (QED) is 0.579. The van der Waals surface area contributed by atoms with Crippen molar-refractivity contribution in [2.45, 2.75) is 25.4 Å². The van der Waals surface area contributed by atoms with Crippen molar-refractivity contribution in [2.24, 2.45) is 5.73 Å². The number of carbonyl (C=O) groups is 2. The number of nitrogens with zero attached hydrogens (tertiary/aromatic N) is 1. The summed E-state index contributed by atoms with van der Waals surface area (Å²) in [6.07, 6.45) is 2.03. The lowest BCUT2D eigenvalue weighted by molar-refractivity contribution is -0.154. The van der Waals surface area contributed by atoms with Crippen molar-refractivity contribution in [3.05, 3.63) is 12.7 Å². The number of rotatable bonds is 5. The summed E-state index contributed by atoms with van der Waals surface area (Å²) in [7, 11) is 0. The fraction of sp³-hybridized carbons (Fsp3) is 0.667. The van der Waals surface area contributed by atoms with Crippen molar-refractivity contribution in [3.8, 4) is 0 Å². The molecule has 102 valence electrons. The summed E-state index contributed by atoms with van der Waals surface area (Å²) in [4.78, 5) is 25.5. The summed E-state index contributed by atoms with van der Waals surface area (Å²) in [6.45, 7) is 6.18. The topological polar surface area (TPSA) is 72.6 Å². The highest BCUT2D eigenvalue weighted by Gasteiger charge is 2.35. The molecule has 0 saturated carbocycles. The highest BCUT2D eigenvalue weighted by molar-refractivity contribution is 7.99. The summed E-state index contributed by atoms with van der Waals surface area (Å²) in [5.41, 5.74) is 5.77. The van der Waals surface area contributed by atoms with Gasteiger partial charge in [-0.05, 0) is 13.3 Å². The minimum absolute atomic E-state index is 0.201. The lowest BCUT2D eigenvalue weighted by atomic mass is 10.1. The van der Waals surface area contributed by atoms with Crippen molar-refractivity contribution in [1.29, 1.82) is 0 Å². The van der Waals surface area contributed by atoms with Gasteiger partial charge in [0.2, 0.25) is 5.91 Å². The van der Waals surface area contributed by atoms with Crippen LogP contribution in [0.4, 0.5) is 0 Å². The zero-order chi connectivity index (χ0) is 13.5. The van der Waals surface area contributed by atoms with E-state index in [-0.39, 0.29) is 11.9 Å². The molecule has 6 heteroatoms. The van der Waals surface area contributed by atoms with Crippen molar-refractivity contribution < 1.29 is 14.3 Å². The van der Waals surface area contributed by atoms with Crippen LogP contribution in [0.25, 0.3) is 0 Å². The van der Waals surface area contributed by atoms with Gasteiger partial charge in [0.05, 0.1) is 12.6 Å². The summed E-state index contributed by atoms with van der Waals surface area (Å²) in [5, 5.41) is 0. The van der Waals surface area contributed by atoms with E-state index in [0.29, 0.717) is 25.3 Å². The zero-order valence-electron chi connectivity index (χ0n) is 10.6. The van der Waals surface area contributed by atoms with Gasteiger partial charge in [0.25, 0.3) is 0 Å². The number of hydrogen-bond acceptors (Lipinski definition) is 5. The van der Waals surface area contributed by atoms with Crippen molar-refractivity contribution >= 4 is 23.6 Å². The number of nitrogens with two attached hydrogens (primary N) is 1. The first-order chi connectivity index (χ1) is 8.61. The molecule has 18 heavy (non-hydrogen) atoms. The van der Waals surface area contributed by atoms with Crippen molar-refractivity contribution in [3.63, 3.8) is 0 Å². The molecule has 0 aromatic rings. The molecule has 0 aromatic carbocycles. The average Bonchev–Trinajstić information content (AvgIpc) is 2.38. The van der Waals surface area contributed by atoms with Gasteiger partial charge in [0.1, 0.15) is 6.04 Å². The summed E-state index contributed by atoms with van der Waals surface area (Å²) in [6, 6.07) is -1.13. The van der Waals surface area contributed by atoms with Crippen LogP contribution in [0.5, 0.6) is 0 Å². The van der Waals surface area contributed by atoms with E-state index >= 15 is 0 Å². The van der Waals surface area contributed by atoms with Crippen LogP contribution in [-0.2, 0) is 14.3 Å². The second-order valence-corrected chi connectivity index (χ2v) is 5.16. The Hall–Kier alpha value is -1.01. The predicted octanol–water partition coefficient (Wildman–Crippen LogP) is 0.397. The van der Waals surface area contributed by atoms with Gasteiger partial charge in [-0.25, -0.2) is 4.79 Å². The molecule has 5 nitrogen and oxygen atoms in total. The van der Waals surface area contributed by atoms with Crippen LogP contribution in [0, 0.1) is 0 Å². The van der Waals surface area contributed by atoms with Gasteiger partial charge in [0, 0.05) is 18.1 Å². The average molecular weight is 272 g/mol. The van der Waals surface area contributed by atoms with Crippen LogP contribution in [0.15, 0.2) is 12.7 Å². The molecular weight excluding hydrogens is 252 g/mol. The maximum Gasteiger partial charge on any atom is 0.329 e. The first-order valence-corrected chi connectivity index (χ1v) is 7.18.